The van der Waals surface area contributed by atoms with Crippen molar-refractivity contribution in [3.8, 4) is 0 Å². The number of rotatable bonds is 13. The Kier molecular flexibility index (Phi) is 11.7. The fourth-order valence-electron chi connectivity index (χ4n) is 3.10. The van der Waals surface area contributed by atoms with Gasteiger partial charge in [0.15, 0.2) is 0 Å². The molecule has 2 atom stereocenters. The first kappa shape index (κ1) is 47.8. The molecule has 1 fully saturated rings. The molecule has 3 nitrogen and oxygen atoms in total. The molecule has 1 aliphatic heterocycles. The summed E-state index contributed by atoms with van der Waals surface area (Å²) in [6, 6.07) is 0. The third kappa shape index (κ3) is 5.50. The summed E-state index contributed by atoms with van der Waals surface area (Å²) in [5, 5.41) is 8.29. The van der Waals surface area contributed by atoms with Gasteiger partial charge in [-0.25, -0.2) is 17.6 Å². The van der Waals surface area contributed by atoms with Crippen molar-refractivity contribution in [3.63, 3.8) is 0 Å². The quantitative estimate of drug-likeness (QED) is 0.152. The average Bonchev–Trinajstić information content (AvgIpc) is 3.10. The molecule has 1 rings (SSSR count). The van der Waals surface area contributed by atoms with Crippen LogP contribution in [0.4, 0.5) is 127 Å². The molecule has 0 amide bonds. The molecule has 33 heteroatoms. The molecule has 49 heavy (non-hydrogen) atoms. The topological polar surface area (TPSA) is 38.7 Å². The summed E-state index contributed by atoms with van der Waals surface area (Å²) >= 11 is 0. The fraction of sp³-hybridized carbons (Fsp3) is 1.00. The first-order chi connectivity index (χ1) is 20.3. The molecule has 0 spiro atoms. The van der Waals surface area contributed by atoms with Gasteiger partial charge in [0.2, 0.25) is 0 Å². The molecule has 1 aliphatic rings. The van der Waals surface area contributed by atoms with Gasteiger partial charge in [0.1, 0.15) is 0 Å². The van der Waals surface area contributed by atoms with Crippen LogP contribution in [-0.2, 0) is 9.47 Å². The van der Waals surface area contributed by atoms with Gasteiger partial charge in [-0.1, -0.05) is 0 Å². The Labute approximate surface area is 267 Å². The van der Waals surface area contributed by atoms with Gasteiger partial charge >= 0.3 is 125 Å². The normalized spacial score (nSPS) is 24.5. The Bertz CT molecular complexity index is 1210. The number of hydrogen-bond donors (Lipinski definition) is 1. The molecule has 0 radical (unpaired) electrons. The van der Waals surface area contributed by atoms with Crippen molar-refractivity contribution in [2.45, 2.75) is 95.9 Å². The SMILES string of the molecule is OC(F)(F)C1(C(F)(F)C(F)(F)C(F)(F)C(F)(F)C(F)(F)C(F)F)OC(F)(F)C(F)(C(F)(F)C(F)(F)C(F)(F)C(F)(F)C(F)(F)C(F)F)O1.[NaH]. The number of ether oxygens (including phenoxy) is 2. The summed E-state index contributed by atoms with van der Waals surface area (Å²) in [7, 11) is 0. The minimum atomic E-state index is -9.45. The van der Waals surface area contributed by atoms with Gasteiger partial charge in [0.05, 0.1) is 0 Å². The van der Waals surface area contributed by atoms with Gasteiger partial charge in [-0.05, 0) is 0 Å². The van der Waals surface area contributed by atoms with E-state index in [0.717, 1.165) is 0 Å². The average molecular weight is 818 g/mol. The van der Waals surface area contributed by atoms with Crippen molar-refractivity contribution in [2.24, 2.45) is 0 Å². The molecular formula is C16H4F29NaO3. The van der Waals surface area contributed by atoms with Crippen LogP contribution in [0.25, 0.3) is 0 Å². The minimum absolute atomic E-state index is 0. The Balaban J connectivity index is 0.0000230. The van der Waals surface area contributed by atoms with Gasteiger partial charge < -0.3 is 5.11 Å². The summed E-state index contributed by atoms with van der Waals surface area (Å²) in [5.74, 6) is -108. The molecule has 1 heterocycles. The van der Waals surface area contributed by atoms with Gasteiger partial charge in [0, 0.05) is 0 Å². The zero-order valence-corrected chi connectivity index (χ0v) is 20.4. The van der Waals surface area contributed by atoms with Crippen LogP contribution in [0, 0.1) is 0 Å². The van der Waals surface area contributed by atoms with E-state index in [9.17, 15) is 127 Å². The molecule has 0 aromatic rings. The number of halogens is 29. The van der Waals surface area contributed by atoms with Gasteiger partial charge in [-0.2, -0.15) is 110 Å². The second-order valence-electron chi connectivity index (χ2n) is 8.92. The molecule has 0 saturated carbocycles. The van der Waals surface area contributed by atoms with Crippen LogP contribution in [0.1, 0.15) is 0 Å². The van der Waals surface area contributed by atoms with Crippen LogP contribution in [0.3, 0.4) is 0 Å². The molecule has 290 valence electrons. The van der Waals surface area contributed by atoms with Crippen LogP contribution in [0.15, 0.2) is 0 Å². The van der Waals surface area contributed by atoms with Gasteiger partial charge in [0.25, 0.3) is 0 Å². The predicted molar refractivity (Wildman–Crippen MR) is 89.5 cm³/mol. The second kappa shape index (κ2) is 11.9. The monoisotopic (exact) mass is 818 g/mol. The van der Waals surface area contributed by atoms with E-state index in [1.165, 1.54) is 9.47 Å². The first-order valence-corrected chi connectivity index (χ1v) is 10.2. The maximum atomic E-state index is 14.7. The standard InChI is InChI=1S/C16H3F29O3.Na.H/c17-1(18)3(21,22)5(25,26)7(29,30)9(33,34)11(37,38)13(41)16(44,45)48-14(47-13,15(42,43)46)12(39,40)10(35,36)8(31,32)6(27,28)4(23,24)2(19)20;;/h1-2,46H;;. The van der Waals surface area contributed by atoms with Crippen molar-refractivity contribution in [1.82, 2.24) is 0 Å². The number of alkyl halides is 29. The van der Waals surface area contributed by atoms with E-state index in [1.54, 1.807) is 0 Å². The molecule has 2 unspecified atom stereocenters. The Hall–Kier alpha value is -1.15. The second-order valence-corrected chi connectivity index (χ2v) is 8.92. The maximum absolute atomic E-state index is 14.7. The number of hydrogen-bond acceptors (Lipinski definition) is 3. The van der Waals surface area contributed by atoms with Gasteiger partial charge in [-0.3, -0.25) is 9.47 Å². The summed E-state index contributed by atoms with van der Waals surface area (Å²) in [6.45, 7) is 0. The van der Waals surface area contributed by atoms with E-state index >= 15 is 0 Å². The van der Waals surface area contributed by atoms with Crippen LogP contribution in [-0.4, -0.2) is 131 Å². The molecule has 1 saturated heterocycles. The zero-order chi connectivity index (χ0) is 39.6. The third-order valence-corrected chi connectivity index (χ3v) is 5.90. The van der Waals surface area contributed by atoms with Crippen molar-refractivity contribution in [1.29, 1.82) is 0 Å². The Morgan fingerprint density at radius 2 is 0.673 bits per heavy atom. The molecule has 0 aromatic carbocycles. The van der Waals surface area contributed by atoms with E-state index in [-0.39, 0.29) is 29.6 Å². The molecule has 0 aliphatic carbocycles. The zero-order valence-electron chi connectivity index (χ0n) is 20.4. The van der Waals surface area contributed by atoms with E-state index in [0.29, 0.717) is 0 Å². The van der Waals surface area contributed by atoms with E-state index in [2.05, 4.69) is 0 Å². The third-order valence-electron chi connectivity index (χ3n) is 5.90. The summed E-state index contributed by atoms with van der Waals surface area (Å²) in [6.07, 6.45) is -29.6. The van der Waals surface area contributed by atoms with Crippen LogP contribution in [0.2, 0.25) is 0 Å². The van der Waals surface area contributed by atoms with Crippen molar-refractivity contribution in [3.05, 3.63) is 0 Å². The first-order valence-electron chi connectivity index (χ1n) is 10.2. The fourth-order valence-corrected chi connectivity index (χ4v) is 3.10. The van der Waals surface area contributed by atoms with Crippen molar-refractivity contribution < 1.29 is 142 Å². The molecule has 0 bridgehead atoms. The Morgan fingerprint density at radius 1 is 0.408 bits per heavy atom. The van der Waals surface area contributed by atoms with Crippen LogP contribution < -0.4 is 0 Å². The van der Waals surface area contributed by atoms with E-state index < -0.39 is 95.9 Å². The summed E-state index contributed by atoms with van der Waals surface area (Å²) in [5.41, 5.74) is 0. The van der Waals surface area contributed by atoms with Crippen molar-refractivity contribution in [2.75, 3.05) is 0 Å². The number of aliphatic hydroxyl groups is 1. The van der Waals surface area contributed by atoms with Crippen molar-refractivity contribution >= 4 is 29.6 Å². The van der Waals surface area contributed by atoms with Gasteiger partial charge in [-0.15, -0.1) is 0 Å². The van der Waals surface area contributed by atoms with E-state index in [1.807, 2.05) is 0 Å². The summed E-state index contributed by atoms with van der Waals surface area (Å²) < 4.78 is 394. The van der Waals surface area contributed by atoms with Crippen LogP contribution in [0.5, 0.6) is 0 Å². The molecule has 1 N–H and O–H groups in total. The Morgan fingerprint density at radius 3 is 0.918 bits per heavy atom. The summed E-state index contributed by atoms with van der Waals surface area (Å²) in [4.78, 5) is 0. The van der Waals surface area contributed by atoms with E-state index in [4.69, 9.17) is 5.11 Å². The van der Waals surface area contributed by atoms with Crippen LogP contribution >= 0.6 is 0 Å². The molecule has 0 aromatic heterocycles. The predicted octanol–water partition coefficient (Wildman–Crippen LogP) is 7.81. The molecular weight excluding hydrogens is 814 g/mol.